The maximum Gasteiger partial charge on any atom is 0.446 e. The molecule has 0 aromatic heterocycles. The van der Waals surface area contributed by atoms with Gasteiger partial charge in [-0.1, -0.05) is 12.1 Å². The number of nitrogens with zero attached hydrogens (tertiary/aromatic N) is 4. The Hall–Kier alpha value is -4.47. The Morgan fingerprint density at radius 3 is 1.66 bits per heavy atom. The second-order valence-electron chi connectivity index (χ2n) is 7.98. The van der Waals surface area contributed by atoms with Crippen LogP contribution in [0, 0.1) is 0 Å². The molecule has 0 amide bonds. The van der Waals surface area contributed by atoms with Gasteiger partial charge >= 0.3 is 10.4 Å². The third-order valence-electron chi connectivity index (χ3n) is 5.41. The molecule has 5 aliphatic heterocycles. The van der Waals surface area contributed by atoms with Crippen LogP contribution >= 0.6 is 0 Å². The predicted molar refractivity (Wildman–Crippen MR) is 136 cm³/mol. The molecule has 1 N–H and O–H groups in total. The molecular weight excluding hydrogens is 464 g/mol. The van der Waals surface area contributed by atoms with Gasteiger partial charge in [0.1, 0.15) is 5.75 Å². The van der Waals surface area contributed by atoms with Crippen molar-refractivity contribution in [3.05, 3.63) is 119 Å². The van der Waals surface area contributed by atoms with Gasteiger partial charge in [-0.25, -0.2) is 20.0 Å². The van der Waals surface area contributed by atoms with Crippen molar-refractivity contribution in [2.75, 3.05) is 0 Å². The zero-order chi connectivity index (χ0) is 24.0. The van der Waals surface area contributed by atoms with Crippen molar-refractivity contribution in [2.24, 2.45) is 20.0 Å². The lowest BCUT2D eigenvalue weighted by Crippen LogP contribution is -2.06. The molecule has 6 rings (SSSR count). The van der Waals surface area contributed by atoms with Crippen molar-refractivity contribution in [1.29, 1.82) is 0 Å². The van der Waals surface area contributed by atoms with Gasteiger partial charge in [-0.2, -0.15) is 8.42 Å². The van der Waals surface area contributed by atoms with Crippen LogP contribution in [0.15, 0.2) is 134 Å². The maximum atomic E-state index is 11.0. The second-order valence-corrected chi connectivity index (χ2v) is 9.00. The van der Waals surface area contributed by atoms with Crippen LogP contribution in [0.5, 0.6) is 5.75 Å². The highest BCUT2D eigenvalue weighted by Gasteiger charge is 2.19. The van der Waals surface area contributed by atoms with Crippen molar-refractivity contribution >= 4 is 38.8 Å². The highest BCUT2D eigenvalue weighted by atomic mass is 32.3. The SMILES string of the molecule is O=S(=O)(O)Oc1ccc(C2=CC3=NC2=CC2=NC(=CC4=NC(=CC5=NC(=C3)C=C5)C=C4)C=C2)cc1. The van der Waals surface area contributed by atoms with Gasteiger partial charge in [0.25, 0.3) is 0 Å². The molecule has 0 fully saturated rings. The van der Waals surface area contributed by atoms with Gasteiger partial charge in [0.05, 0.1) is 45.6 Å². The molecule has 8 nitrogen and oxygen atoms in total. The first-order valence-corrected chi connectivity index (χ1v) is 12.0. The van der Waals surface area contributed by atoms with Crippen LogP contribution in [0.3, 0.4) is 0 Å². The molecule has 0 spiro atoms. The minimum atomic E-state index is -4.59. The zero-order valence-corrected chi connectivity index (χ0v) is 18.8. The van der Waals surface area contributed by atoms with Crippen LogP contribution in [0.4, 0.5) is 0 Å². The molecule has 9 heteroatoms. The van der Waals surface area contributed by atoms with E-state index in [1.54, 1.807) is 12.1 Å². The van der Waals surface area contributed by atoms with Gasteiger partial charge in [-0.05, 0) is 84.5 Å². The van der Waals surface area contributed by atoms with Gasteiger partial charge in [0.2, 0.25) is 0 Å². The lowest BCUT2D eigenvalue weighted by Gasteiger charge is -2.06. The van der Waals surface area contributed by atoms with E-state index in [1.807, 2.05) is 66.8 Å². The topological polar surface area (TPSA) is 113 Å². The van der Waals surface area contributed by atoms with Crippen molar-refractivity contribution in [3.8, 4) is 5.75 Å². The number of rotatable bonds is 3. The summed E-state index contributed by atoms with van der Waals surface area (Å²) in [6.07, 6.45) is 21.1. The Bertz CT molecular complexity index is 1650. The molecule has 0 saturated heterocycles. The summed E-state index contributed by atoms with van der Waals surface area (Å²) in [6.45, 7) is 0. The van der Waals surface area contributed by atoms with E-state index >= 15 is 0 Å². The van der Waals surface area contributed by atoms with Gasteiger partial charge in [-0.15, -0.1) is 0 Å². The number of hydrogen-bond donors (Lipinski definition) is 1. The number of allylic oxidation sites excluding steroid dienone is 12. The van der Waals surface area contributed by atoms with E-state index in [-0.39, 0.29) is 5.75 Å². The average Bonchev–Trinajstić information content (AvgIpc) is 3.58. The van der Waals surface area contributed by atoms with Gasteiger partial charge < -0.3 is 4.18 Å². The quantitative estimate of drug-likeness (QED) is 0.650. The Balaban J connectivity index is 1.43. The molecule has 5 heterocycles. The van der Waals surface area contributed by atoms with Crippen molar-refractivity contribution < 1.29 is 17.2 Å². The molecule has 8 bridgehead atoms. The van der Waals surface area contributed by atoms with Gasteiger partial charge in [0.15, 0.2) is 0 Å². The number of benzene rings is 1. The second kappa shape index (κ2) is 8.08. The molecule has 0 atom stereocenters. The van der Waals surface area contributed by atoms with E-state index in [9.17, 15) is 8.42 Å². The van der Waals surface area contributed by atoms with Crippen molar-refractivity contribution in [1.82, 2.24) is 0 Å². The Morgan fingerprint density at radius 1 is 0.600 bits per heavy atom. The molecule has 1 aromatic rings. The lowest BCUT2D eigenvalue weighted by atomic mass is 10.0. The first-order valence-electron chi connectivity index (χ1n) is 10.6. The van der Waals surface area contributed by atoms with Crippen LogP contribution in [-0.4, -0.2) is 35.8 Å². The molecule has 0 unspecified atom stereocenters. The van der Waals surface area contributed by atoms with E-state index in [4.69, 9.17) is 9.55 Å². The molecule has 0 radical (unpaired) electrons. The Labute approximate surface area is 201 Å². The smallest absolute Gasteiger partial charge is 0.362 e. The van der Waals surface area contributed by atoms with E-state index in [0.717, 1.165) is 45.4 Å². The first kappa shape index (κ1) is 21.1. The molecule has 5 aliphatic rings. The highest BCUT2D eigenvalue weighted by molar-refractivity contribution is 7.81. The fraction of sp³-hybridized carbons (Fsp3) is 0. The third-order valence-corrected chi connectivity index (χ3v) is 5.81. The van der Waals surface area contributed by atoms with E-state index in [1.165, 1.54) is 12.1 Å². The summed E-state index contributed by atoms with van der Waals surface area (Å²) in [6, 6.07) is 6.33. The summed E-state index contributed by atoms with van der Waals surface area (Å²) in [7, 11) is -4.59. The molecular formula is C26H16N4O4S. The molecule has 35 heavy (non-hydrogen) atoms. The summed E-state index contributed by atoms with van der Waals surface area (Å²) in [4.78, 5) is 18.7. The number of aliphatic imine (C=N–C) groups is 4. The maximum absolute atomic E-state index is 11.0. The zero-order valence-electron chi connectivity index (χ0n) is 18.0. The summed E-state index contributed by atoms with van der Waals surface area (Å²) in [5.41, 5.74) is 7.76. The van der Waals surface area contributed by atoms with Crippen LogP contribution in [0.25, 0.3) is 5.57 Å². The van der Waals surface area contributed by atoms with Crippen LogP contribution < -0.4 is 4.18 Å². The third kappa shape index (κ3) is 4.63. The molecule has 0 saturated carbocycles. The number of hydrogen-bond acceptors (Lipinski definition) is 7. The van der Waals surface area contributed by atoms with E-state index < -0.39 is 10.4 Å². The Morgan fingerprint density at radius 2 is 1.11 bits per heavy atom. The van der Waals surface area contributed by atoms with Gasteiger partial charge in [-0.3, -0.25) is 4.55 Å². The predicted octanol–water partition coefficient (Wildman–Crippen LogP) is 4.29. The normalized spacial score (nSPS) is 19.9. The molecule has 1 aromatic carbocycles. The summed E-state index contributed by atoms with van der Waals surface area (Å²) < 4.78 is 35.4. The minimum Gasteiger partial charge on any atom is -0.362 e. The summed E-state index contributed by atoms with van der Waals surface area (Å²) in [5.74, 6) is 0.00498. The van der Waals surface area contributed by atoms with E-state index in [0.29, 0.717) is 11.4 Å². The first-order chi connectivity index (χ1) is 16.9. The summed E-state index contributed by atoms with van der Waals surface area (Å²) in [5, 5.41) is 0. The fourth-order valence-electron chi connectivity index (χ4n) is 3.94. The molecule has 0 aliphatic carbocycles. The van der Waals surface area contributed by atoms with Crippen molar-refractivity contribution in [2.45, 2.75) is 0 Å². The lowest BCUT2D eigenvalue weighted by molar-refractivity contribution is 0.387. The summed E-state index contributed by atoms with van der Waals surface area (Å²) >= 11 is 0. The van der Waals surface area contributed by atoms with Gasteiger partial charge in [0, 0.05) is 5.57 Å². The fourth-order valence-corrected chi connectivity index (χ4v) is 4.29. The largest absolute Gasteiger partial charge is 0.446 e. The van der Waals surface area contributed by atoms with E-state index in [2.05, 4.69) is 19.2 Å². The van der Waals surface area contributed by atoms with Crippen LogP contribution in [0.1, 0.15) is 5.56 Å². The number of fused-ring (bicyclic) bond motifs is 4. The molecule has 170 valence electrons. The van der Waals surface area contributed by atoms with Crippen LogP contribution in [-0.2, 0) is 10.4 Å². The van der Waals surface area contributed by atoms with Crippen LogP contribution in [0.2, 0.25) is 0 Å². The van der Waals surface area contributed by atoms with Crippen molar-refractivity contribution in [3.63, 3.8) is 0 Å². The Kier molecular flexibility index (Phi) is 4.87. The monoisotopic (exact) mass is 480 g/mol. The standard InChI is InChI=1S/C26H16N4O4S/c31-35(32,33)34-24-9-1-16(2-10-24)25-14-23-13-21-6-5-19(28-21)11-17-3-4-18(27-17)12-20-7-8-22(29-20)15-26(25)30-23/h1-15H,(H,31,32,33). The highest BCUT2D eigenvalue weighted by Crippen LogP contribution is 2.32. The average molecular weight is 481 g/mol. The minimum absolute atomic E-state index is 0.00498.